The van der Waals surface area contributed by atoms with Crippen LogP contribution in [0.1, 0.15) is 43.7 Å². The Balaban J connectivity index is 0.000000178. The third-order valence-electron chi connectivity index (χ3n) is 9.45. The van der Waals surface area contributed by atoms with E-state index in [-0.39, 0.29) is 5.56 Å². The number of benzene rings is 5. The number of nitrogens with zero attached hydrogens (tertiary/aromatic N) is 2. The van der Waals surface area contributed by atoms with Crippen molar-refractivity contribution in [1.82, 2.24) is 9.88 Å². The van der Waals surface area contributed by atoms with Gasteiger partial charge in [0.05, 0.1) is 11.1 Å². The highest BCUT2D eigenvalue weighted by Gasteiger charge is 2.30. The number of aromatic carboxylic acids is 1. The number of pyridine rings is 1. The number of rotatable bonds is 5. The number of aromatic nitrogens is 1. The zero-order valence-corrected chi connectivity index (χ0v) is 27.1. The van der Waals surface area contributed by atoms with Crippen LogP contribution in [0.15, 0.2) is 128 Å². The second kappa shape index (κ2) is 13.6. The third-order valence-corrected chi connectivity index (χ3v) is 9.45. The van der Waals surface area contributed by atoms with Crippen LogP contribution >= 0.6 is 0 Å². The maximum atomic E-state index is 12.4. The van der Waals surface area contributed by atoms with Gasteiger partial charge in [-0.25, -0.2) is 4.79 Å². The highest BCUT2D eigenvalue weighted by Crippen LogP contribution is 2.43. The molecule has 0 radical (unpaired) electrons. The summed E-state index contributed by atoms with van der Waals surface area (Å²) in [5, 5.41) is 9.03. The lowest BCUT2D eigenvalue weighted by Crippen LogP contribution is -2.30. The van der Waals surface area contributed by atoms with Crippen LogP contribution in [-0.4, -0.2) is 27.5 Å². The highest BCUT2D eigenvalue weighted by molar-refractivity contribution is 5.96. The van der Waals surface area contributed by atoms with Gasteiger partial charge in [0.15, 0.2) is 0 Å². The fourth-order valence-electron chi connectivity index (χ4n) is 6.91. The molecule has 0 spiro atoms. The van der Waals surface area contributed by atoms with Gasteiger partial charge in [-0.1, -0.05) is 91.0 Å². The maximum absolute atomic E-state index is 12.4. The number of fused-ring (bicyclic) bond motifs is 4. The number of carbonyl (C=O) groups is 1. The number of halogens is 3. The quantitative estimate of drug-likeness (QED) is 0.179. The average molecular weight is 670 g/mol. The van der Waals surface area contributed by atoms with Crippen LogP contribution in [0.5, 0.6) is 0 Å². The summed E-state index contributed by atoms with van der Waals surface area (Å²) in [6.45, 7) is 3.01. The first-order valence-corrected chi connectivity index (χ1v) is 16.4. The largest absolute Gasteiger partial charge is 0.478 e. The lowest BCUT2D eigenvalue weighted by molar-refractivity contribution is -0.137. The van der Waals surface area contributed by atoms with E-state index in [1.165, 1.54) is 62.7 Å². The predicted octanol–water partition coefficient (Wildman–Crippen LogP) is 9.53. The van der Waals surface area contributed by atoms with Gasteiger partial charge in [-0.15, -0.1) is 0 Å². The molecule has 0 atom stereocenters. The van der Waals surface area contributed by atoms with E-state index in [0.29, 0.717) is 11.1 Å². The molecule has 0 fully saturated rings. The second-order valence-electron chi connectivity index (χ2n) is 12.6. The van der Waals surface area contributed by atoms with Crippen molar-refractivity contribution in [2.45, 2.75) is 32.1 Å². The molecule has 5 nitrogen and oxygen atoms in total. The summed E-state index contributed by atoms with van der Waals surface area (Å²) in [5.74, 6) is -1.12. The Labute approximate surface area is 288 Å². The van der Waals surface area contributed by atoms with Crippen molar-refractivity contribution < 1.29 is 23.1 Å². The first kappa shape index (κ1) is 32.8. The molecule has 6 aromatic rings. The molecule has 8 heteroatoms. The monoisotopic (exact) mass is 669 g/mol. The molecule has 1 aliphatic heterocycles. The fourth-order valence-corrected chi connectivity index (χ4v) is 6.91. The second-order valence-corrected chi connectivity index (χ2v) is 12.6. The molecule has 0 unspecified atom stereocenters. The Bertz CT molecular complexity index is 2180. The molecule has 0 bridgehead atoms. The highest BCUT2D eigenvalue weighted by atomic mass is 19.4. The molecular formula is C42H34F3N3O2. The minimum atomic E-state index is -4.40. The first-order valence-electron chi connectivity index (χ1n) is 16.4. The molecule has 0 amide bonds. The molecular weight excluding hydrogens is 635 g/mol. The van der Waals surface area contributed by atoms with Crippen LogP contribution in [-0.2, 0) is 32.1 Å². The van der Waals surface area contributed by atoms with Gasteiger partial charge in [0.1, 0.15) is 0 Å². The van der Waals surface area contributed by atoms with Gasteiger partial charge in [-0.2, -0.15) is 13.2 Å². The molecule has 2 heterocycles. The van der Waals surface area contributed by atoms with E-state index in [0.717, 1.165) is 55.9 Å². The molecule has 0 saturated heterocycles. The lowest BCUT2D eigenvalue weighted by Gasteiger charge is -2.29. The number of nitrogen functional groups attached to an aromatic ring is 1. The molecule has 50 heavy (non-hydrogen) atoms. The van der Waals surface area contributed by atoms with Crippen molar-refractivity contribution >= 4 is 11.7 Å². The summed E-state index contributed by atoms with van der Waals surface area (Å²) >= 11 is 0. The van der Waals surface area contributed by atoms with Crippen molar-refractivity contribution in [3.63, 3.8) is 0 Å². The zero-order chi connectivity index (χ0) is 34.8. The lowest BCUT2D eigenvalue weighted by atomic mass is 9.92. The summed E-state index contributed by atoms with van der Waals surface area (Å²) < 4.78 is 37.3. The molecule has 1 aliphatic carbocycles. The average Bonchev–Trinajstić information content (AvgIpc) is 3.52. The van der Waals surface area contributed by atoms with E-state index in [4.69, 9.17) is 10.8 Å². The van der Waals surface area contributed by atoms with Crippen molar-refractivity contribution in [2.24, 2.45) is 0 Å². The van der Waals surface area contributed by atoms with E-state index in [2.05, 4.69) is 70.5 Å². The van der Waals surface area contributed by atoms with Crippen LogP contribution < -0.4 is 5.73 Å². The number of hydrogen-bond donors (Lipinski definition) is 2. The number of hydrogen-bond acceptors (Lipinski definition) is 4. The van der Waals surface area contributed by atoms with Gasteiger partial charge in [-0.3, -0.25) is 9.88 Å². The first-order chi connectivity index (χ1) is 24.2. The molecule has 8 rings (SSSR count). The zero-order valence-electron chi connectivity index (χ0n) is 27.1. The smallest absolute Gasteiger partial charge is 0.416 e. The number of alkyl halides is 3. The van der Waals surface area contributed by atoms with Crippen LogP contribution in [0.25, 0.3) is 33.4 Å². The van der Waals surface area contributed by atoms with Gasteiger partial charge in [-0.05, 0) is 86.3 Å². The Morgan fingerprint density at radius 1 is 0.760 bits per heavy atom. The number of carboxylic acids is 1. The van der Waals surface area contributed by atoms with E-state index < -0.39 is 17.7 Å². The van der Waals surface area contributed by atoms with Gasteiger partial charge in [0, 0.05) is 49.7 Å². The van der Waals surface area contributed by atoms with Crippen molar-refractivity contribution in [1.29, 1.82) is 0 Å². The van der Waals surface area contributed by atoms with E-state index in [1.807, 2.05) is 18.5 Å². The summed E-state index contributed by atoms with van der Waals surface area (Å²) in [6.07, 6.45) is 1.40. The van der Waals surface area contributed by atoms with Crippen molar-refractivity contribution in [2.75, 3.05) is 12.3 Å². The van der Waals surface area contributed by atoms with Crippen LogP contribution in [0.3, 0.4) is 0 Å². The maximum Gasteiger partial charge on any atom is 0.416 e. The Morgan fingerprint density at radius 2 is 1.48 bits per heavy atom. The molecule has 3 N–H and O–H groups in total. The van der Waals surface area contributed by atoms with Gasteiger partial charge >= 0.3 is 12.1 Å². The van der Waals surface area contributed by atoms with Crippen LogP contribution in [0.4, 0.5) is 18.9 Å². The fraction of sp³-hybridized carbons (Fsp3) is 0.143. The topological polar surface area (TPSA) is 79.5 Å². The summed E-state index contributed by atoms with van der Waals surface area (Å²) in [6, 6.07) is 34.8. The van der Waals surface area contributed by atoms with E-state index in [9.17, 15) is 18.0 Å². The SMILES string of the molecule is Nc1c(-c2ccc3c(c2)CCN(Cc2cccnc2)C3)ccc2c1Cc1ccccc1-2.O=C(O)c1ccccc1-c1ccc(C(F)(F)F)cc1. The number of carboxylic acid groups (broad SMARTS) is 1. The summed E-state index contributed by atoms with van der Waals surface area (Å²) in [7, 11) is 0. The Hall–Kier alpha value is -5.73. The Morgan fingerprint density at radius 3 is 2.22 bits per heavy atom. The van der Waals surface area contributed by atoms with Crippen LogP contribution in [0, 0.1) is 0 Å². The van der Waals surface area contributed by atoms with Gasteiger partial charge in [0.2, 0.25) is 0 Å². The summed E-state index contributed by atoms with van der Waals surface area (Å²) in [5.41, 5.74) is 19.6. The number of nitrogens with two attached hydrogens (primary N) is 1. The van der Waals surface area contributed by atoms with Crippen molar-refractivity contribution in [3.8, 4) is 33.4 Å². The molecule has 5 aromatic carbocycles. The van der Waals surface area contributed by atoms with Crippen molar-refractivity contribution in [3.05, 3.63) is 167 Å². The normalized spacial score (nSPS) is 13.4. The molecule has 0 saturated carbocycles. The van der Waals surface area contributed by atoms with Gasteiger partial charge < -0.3 is 10.8 Å². The summed E-state index contributed by atoms with van der Waals surface area (Å²) in [4.78, 5) is 17.8. The Kier molecular flexibility index (Phi) is 8.95. The third kappa shape index (κ3) is 6.75. The van der Waals surface area contributed by atoms with Crippen LogP contribution in [0.2, 0.25) is 0 Å². The molecule has 250 valence electrons. The number of anilines is 1. The van der Waals surface area contributed by atoms with Gasteiger partial charge in [0.25, 0.3) is 0 Å². The minimum Gasteiger partial charge on any atom is -0.478 e. The molecule has 2 aliphatic rings. The minimum absolute atomic E-state index is 0.0576. The standard InChI is InChI=1S/C28H25N3.C14H9F3O2/c29-28-25(9-10-26-24-6-2-1-5-21(24)15-27(26)28)22-7-8-23-18-31(13-11-20(23)14-22)17-19-4-3-12-30-16-19;15-14(16,17)10-7-5-9(6-8-10)11-3-1-2-4-12(11)13(18)19/h1-10,12,14,16H,11,13,15,17-18,29H2;1-8H,(H,18,19). The predicted molar refractivity (Wildman–Crippen MR) is 190 cm³/mol. The van der Waals surface area contributed by atoms with E-state index >= 15 is 0 Å². The molecule has 1 aromatic heterocycles. The van der Waals surface area contributed by atoms with E-state index in [1.54, 1.807) is 18.2 Å².